The zero-order chi connectivity index (χ0) is 13.4. The second-order valence-corrected chi connectivity index (χ2v) is 3.78. The minimum absolute atomic E-state index is 0.0943. The molecule has 0 fully saturated rings. The van der Waals surface area contributed by atoms with Crippen LogP contribution in [0.25, 0.3) is 0 Å². The predicted molar refractivity (Wildman–Crippen MR) is 68.1 cm³/mol. The van der Waals surface area contributed by atoms with Crippen LogP contribution >= 0.6 is 0 Å². The van der Waals surface area contributed by atoms with E-state index in [1.807, 2.05) is 0 Å². The largest absolute Gasteiger partial charge is 0.383 e. The van der Waals surface area contributed by atoms with Gasteiger partial charge in [-0.25, -0.2) is 0 Å². The Morgan fingerprint density at radius 2 is 2.39 bits per heavy atom. The van der Waals surface area contributed by atoms with Crippen molar-refractivity contribution in [3.63, 3.8) is 0 Å². The molecule has 1 heterocycles. The smallest absolute Gasteiger partial charge is 0.239 e. The van der Waals surface area contributed by atoms with Gasteiger partial charge in [-0.15, -0.1) is 5.10 Å². The molecule has 3 N–H and O–H groups in total. The number of carbonyl (C=O) groups is 1. The number of nitrogens with two attached hydrogens (primary N) is 1. The van der Waals surface area contributed by atoms with Crippen LogP contribution < -0.4 is 16.0 Å². The first-order valence-corrected chi connectivity index (χ1v) is 5.66. The molecule has 18 heavy (non-hydrogen) atoms. The molecule has 100 valence electrons. The van der Waals surface area contributed by atoms with E-state index in [9.17, 15) is 4.79 Å². The fraction of sp³-hybridized carbons (Fsp3) is 0.545. The van der Waals surface area contributed by atoms with Gasteiger partial charge >= 0.3 is 0 Å². The van der Waals surface area contributed by atoms with Gasteiger partial charge in [-0.1, -0.05) is 0 Å². The van der Waals surface area contributed by atoms with Gasteiger partial charge in [0.15, 0.2) is 5.82 Å². The third kappa shape index (κ3) is 4.27. The quantitative estimate of drug-likeness (QED) is 0.614. The standard InChI is InChI=1S/C11H19N5O2/c1-16(8-10(17)13-5-6-18-2)11-9(7-12)3-4-14-15-11/h3-4H,5-8,12H2,1-2H3,(H,13,17). The summed E-state index contributed by atoms with van der Waals surface area (Å²) in [5.74, 6) is 0.532. The van der Waals surface area contributed by atoms with Crippen LogP contribution in [0.3, 0.4) is 0 Å². The van der Waals surface area contributed by atoms with E-state index in [1.54, 1.807) is 31.3 Å². The van der Waals surface area contributed by atoms with Gasteiger partial charge in [0.1, 0.15) is 0 Å². The van der Waals surface area contributed by atoms with E-state index in [4.69, 9.17) is 10.5 Å². The van der Waals surface area contributed by atoms with Crippen LogP contribution in [-0.2, 0) is 16.1 Å². The summed E-state index contributed by atoms with van der Waals surface area (Å²) in [5.41, 5.74) is 6.46. The fourth-order valence-electron chi connectivity index (χ4n) is 1.47. The second kappa shape index (κ2) is 7.57. The number of hydrogen-bond donors (Lipinski definition) is 2. The molecule has 0 saturated carbocycles. The molecule has 1 rings (SSSR count). The number of aromatic nitrogens is 2. The van der Waals surface area contributed by atoms with Crippen molar-refractivity contribution in [2.45, 2.75) is 6.54 Å². The summed E-state index contributed by atoms with van der Waals surface area (Å²) < 4.78 is 4.85. The number of amides is 1. The van der Waals surface area contributed by atoms with Crippen molar-refractivity contribution in [1.29, 1.82) is 0 Å². The molecule has 0 aliphatic heterocycles. The molecule has 0 atom stereocenters. The summed E-state index contributed by atoms with van der Waals surface area (Å²) >= 11 is 0. The van der Waals surface area contributed by atoms with Crippen molar-refractivity contribution in [3.05, 3.63) is 17.8 Å². The Balaban J connectivity index is 2.53. The molecular formula is C11H19N5O2. The first-order valence-electron chi connectivity index (χ1n) is 5.66. The second-order valence-electron chi connectivity index (χ2n) is 3.78. The zero-order valence-electron chi connectivity index (χ0n) is 10.7. The maximum Gasteiger partial charge on any atom is 0.239 e. The molecule has 0 radical (unpaired) electrons. The summed E-state index contributed by atoms with van der Waals surface area (Å²) in [5, 5.41) is 10.5. The van der Waals surface area contributed by atoms with E-state index >= 15 is 0 Å². The third-order valence-corrected chi connectivity index (χ3v) is 2.37. The average Bonchev–Trinajstić information content (AvgIpc) is 2.39. The van der Waals surface area contributed by atoms with Crippen LogP contribution in [0.4, 0.5) is 5.82 Å². The lowest BCUT2D eigenvalue weighted by Gasteiger charge is -2.19. The Morgan fingerprint density at radius 1 is 1.61 bits per heavy atom. The van der Waals surface area contributed by atoms with E-state index in [2.05, 4.69) is 15.5 Å². The number of rotatable bonds is 7. The lowest BCUT2D eigenvalue weighted by atomic mass is 10.2. The minimum atomic E-state index is -0.0943. The molecule has 7 heteroatoms. The summed E-state index contributed by atoms with van der Waals surface area (Å²) in [4.78, 5) is 13.3. The normalized spacial score (nSPS) is 10.2. The van der Waals surface area contributed by atoms with Crippen LogP contribution in [0.1, 0.15) is 5.56 Å². The Morgan fingerprint density at radius 3 is 3.06 bits per heavy atom. The summed E-state index contributed by atoms with van der Waals surface area (Å²) in [6, 6.07) is 1.79. The fourth-order valence-corrected chi connectivity index (χ4v) is 1.47. The number of nitrogens with one attached hydrogen (secondary N) is 1. The minimum Gasteiger partial charge on any atom is -0.383 e. The molecule has 0 spiro atoms. The van der Waals surface area contributed by atoms with Crippen molar-refractivity contribution in [3.8, 4) is 0 Å². The molecule has 0 bridgehead atoms. The van der Waals surface area contributed by atoms with E-state index in [0.29, 0.717) is 25.5 Å². The highest BCUT2D eigenvalue weighted by atomic mass is 16.5. The topological polar surface area (TPSA) is 93.4 Å². The van der Waals surface area contributed by atoms with Crippen LogP contribution in [0.5, 0.6) is 0 Å². The van der Waals surface area contributed by atoms with Crippen LogP contribution in [0.15, 0.2) is 12.3 Å². The average molecular weight is 253 g/mol. The van der Waals surface area contributed by atoms with Gasteiger partial charge in [-0.3, -0.25) is 4.79 Å². The van der Waals surface area contributed by atoms with E-state index < -0.39 is 0 Å². The highest BCUT2D eigenvalue weighted by Crippen LogP contribution is 2.13. The molecule has 0 aromatic carbocycles. The van der Waals surface area contributed by atoms with Crippen molar-refractivity contribution in [1.82, 2.24) is 15.5 Å². The van der Waals surface area contributed by atoms with Crippen molar-refractivity contribution in [2.75, 3.05) is 38.8 Å². The molecule has 1 aromatic rings. The van der Waals surface area contributed by atoms with Crippen LogP contribution in [0.2, 0.25) is 0 Å². The lowest BCUT2D eigenvalue weighted by molar-refractivity contribution is -0.119. The van der Waals surface area contributed by atoms with E-state index in [1.165, 1.54) is 0 Å². The summed E-state index contributed by atoms with van der Waals surface area (Å²) in [6.07, 6.45) is 1.58. The first-order chi connectivity index (χ1) is 8.69. The Bertz CT molecular complexity index is 385. The molecule has 1 amide bonds. The predicted octanol–water partition coefficient (Wildman–Crippen LogP) is -0.866. The molecule has 0 unspecified atom stereocenters. The number of carbonyl (C=O) groups excluding carboxylic acids is 1. The molecule has 0 aliphatic rings. The molecular weight excluding hydrogens is 234 g/mol. The van der Waals surface area contributed by atoms with Gasteiger partial charge in [0.25, 0.3) is 0 Å². The Kier molecular flexibility index (Phi) is 6.03. The van der Waals surface area contributed by atoms with Gasteiger partial charge < -0.3 is 20.7 Å². The third-order valence-electron chi connectivity index (χ3n) is 2.37. The van der Waals surface area contributed by atoms with E-state index in [0.717, 1.165) is 5.56 Å². The lowest BCUT2D eigenvalue weighted by Crippen LogP contribution is -2.37. The highest BCUT2D eigenvalue weighted by molar-refractivity contribution is 5.81. The summed E-state index contributed by atoms with van der Waals surface area (Å²) in [7, 11) is 3.37. The molecule has 0 aliphatic carbocycles. The first kappa shape index (κ1) is 14.3. The van der Waals surface area contributed by atoms with Crippen LogP contribution in [-0.4, -0.2) is 50.0 Å². The van der Waals surface area contributed by atoms with E-state index in [-0.39, 0.29) is 12.5 Å². The molecule has 7 nitrogen and oxygen atoms in total. The van der Waals surface area contributed by atoms with Crippen LogP contribution in [0, 0.1) is 0 Å². The maximum absolute atomic E-state index is 11.6. The zero-order valence-corrected chi connectivity index (χ0v) is 10.7. The van der Waals surface area contributed by atoms with Gasteiger partial charge in [-0.05, 0) is 6.07 Å². The van der Waals surface area contributed by atoms with Gasteiger partial charge in [0.2, 0.25) is 5.91 Å². The summed E-state index contributed by atoms with van der Waals surface area (Å²) in [6.45, 7) is 1.55. The number of hydrogen-bond acceptors (Lipinski definition) is 6. The SMILES string of the molecule is COCCNC(=O)CN(C)c1nnccc1CN. The molecule has 1 aromatic heterocycles. The number of methoxy groups -OCH3 is 1. The van der Waals surface area contributed by atoms with Gasteiger partial charge in [-0.2, -0.15) is 5.10 Å². The highest BCUT2D eigenvalue weighted by Gasteiger charge is 2.11. The monoisotopic (exact) mass is 253 g/mol. The number of anilines is 1. The maximum atomic E-state index is 11.6. The Labute approximate surface area is 106 Å². The number of likely N-dealkylation sites (N-methyl/N-ethyl adjacent to an activating group) is 1. The Hall–Kier alpha value is -1.73. The van der Waals surface area contributed by atoms with Crippen molar-refractivity contribution in [2.24, 2.45) is 5.73 Å². The van der Waals surface area contributed by atoms with Gasteiger partial charge in [0.05, 0.1) is 19.3 Å². The van der Waals surface area contributed by atoms with Gasteiger partial charge in [0, 0.05) is 32.8 Å². The number of nitrogens with zero attached hydrogens (tertiary/aromatic N) is 3. The van der Waals surface area contributed by atoms with Crippen molar-refractivity contribution >= 4 is 11.7 Å². The number of ether oxygens (including phenoxy) is 1. The van der Waals surface area contributed by atoms with Crippen molar-refractivity contribution < 1.29 is 9.53 Å². The molecule has 0 saturated heterocycles.